The molecule has 0 radical (unpaired) electrons. The largest absolute Gasteiger partial charge is 0.383 e. The van der Waals surface area contributed by atoms with Crippen LogP contribution in [0.2, 0.25) is 5.02 Å². The Bertz CT molecular complexity index is 846. The smallest absolute Gasteiger partial charge is 0.278 e. The number of rotatable bonds is 6. The van der Waals surface area contributed by atoms with Crippen molar-refractivity contribution in [2.75, 3.05) is 25.6 Å². The lowest BCUT2D eigenvalue weighted by Crippen LogP contribution is -2.35. The van der Waals surface area contributed by atoms with Gasteiger partial charge in [-0.1, -0.05) is 17.7 Å². The number of hydrogen-bond donors (Lipinski definition) is 1. The molecule has 0 spiro atoms. The summed E-state index contributed by atoms with van der Waals surface area (Å²) >= 11 is 7.42. The molecule has 7 heteroatoms. The van der Waals surface area contributed by atoms with Gasteiger partial charge in [0.15, 0.2) is 0 Å². The Morgan fingerprint density at radius 3 is 2.68 bits per heavy atom. The zero-order valence-corrected chi connectivity index (χ0v) is 15.4. The molecule has 0 saturated carbocycles. The lowest BCUT2D eigenvalue weighted by Gasteiger charge is -2.15. The van der Waals surface area contributed by atoms with Gasteiger partial charge < -0.3 is 10.1 Å². The molecule has 1 aliphatic heterocycles. The average molecular weight is 377 g/mol. The maximum atomic E-state index is 12.8. The highest BCUT2D eigenvalue weighted by Gasteiger charge is 2.39. The van der Waals surface area contributed by atoms with Crippen LogP contribution in [0.4, 0.5) is 5.69 Å². The van der Waals surface area contributed by atoms with Crippen molar-refractivity contribution in [3.05, 3.63) is 56.9 Å². The standard InChI is InChI=1S/C18H17ClN2O3S/c1-11-10-12(19)5-6-13(11)20-16-15(14-4-3-9-25-14)17(22)21(18(16)23)7-8-24-2/h3-6,9-10,20H,7-8H2,1-2H3. The molecule has 25 heavy (non-hydrogen) atoms. The number of imide groups is 1. The van der Waals surface area contributed by atoms with Gasteiger partial charge >= 0.3 is 0 Å². The quantitative estimate of drug-likeness (QED) is 0.783. The highest BCUT2D eigenvalue weighted by atomic mass is 35.5. The fourth-order valence-corrected chi connectivity index (χ4v) is 3.62. The monoisotopic (exact) mass is 376 g/mol. The van der Waals surface area contributed by atoms with E-state index in [1.165, 1.54) is 23.3 Å². The number of carbonyl (C=O) groups excluding carboxylic acids is 2. The molecule has 0 bridgehead atoms. The molecule has 5 nitrogen and oxygen atoms in total. The van der Waals surface area contributed by atoms with Crippen molar-refractivity contribution in [3.8, 4) is 0 Å². The number of ether oxygens (including phenoxy) is 1. The molecule has 1 aromatic carbocycles. The van der Waals surface area contributed by atoms with Gasteiger partial charge in [0.25, 0.3) is 11.8 Å². The zero-order valence-electron chi connectivity index (χ0n) is 13.8. The minimum Gasteiger partial charge on any atom is -0.383 e. The van der Waals surface area contributed by atoms with E-state index in [1.807, 2.05) is 24.4 Å². The Kier molecular flexibility index (Phi) is 5.22. The summed E-state index contributed by atoms with van der Waals surface area (Å²) in [6, 6.07) is 9.03. The number of aryl methyl sites for hydroxylation is 1. The first-order chi connectivity index (χ1) is 12.0. The molecule has 0 atom stereocenters. The molecule has 0 aliphatic carbocycles. The minimum atomic E-state index is -0.347. The van der Waals surface area contributed by atoms with Gasteiger partial charge in [-0.2, -0.15) is 0 Å². The van der Waals surface area contributed by atoms with Crippen LogP contribution in [0.25, 0.3) is 5.57 Å². The number of amides is 2. The van der Waals surface area contributed by atoms with Gasteiger partial charge in [0.2, 0.25) is 0 Å². The molecule has 0 fully saturated rings. The van der Waals surface area contributed by atoms with Gasteiger partial charge in [-0.05, 0) is 42.1 Å². The van der Waals surface area contributed by atoms with Crippen LogP contribution in [0.5, 0.6) is 0 Å². The van der Waals surface area contributed by atoms with Crippen molar-refractivity contribution >= 4 is 46.0 Å². The van der Waals surface area contributed by atoms with E-state index in [9.17, 15) is 9.59 Å². The maximum Gasteiger partial charge on any atom is 0.278 e. The summed E-state index contributed by atoms with van der Waals surface area (Å²) in [6.07, 6.45) is 0. The van der Waals surface area contributed by atoms with Crippen LogP contribution in [-0.4, -0.2) is 37.0 Å². The number of thiophene rings is 1. The molecule has 130 valence electrons. The van der Waals surface area contributed by atoms with Gasteiger partial charge in [0.05, 0.1) is 18.7 Å². The SMILES string of the molecule is COCCN1C(=O)C(Nc2ccc(Cl)cc2C)=C(c2cccs2)C1=O. The fraction of sp³-hybridized carbons (Fsp3) is 0.222. The van der Waals surface area contributed by atoms with Crippen LogP contribution in [0, 0.1) is 6.92 Å². The van der Waals surface area contributed by atoms with E-state index < -0.39 is 0 Å². The molecular formula is C18H17ClN2O3S. The number of nitrogens with zero attached hydrogens (tertiary/aromatic N) is 1. The van der Waals surface area contributed by atoms with E-state index in [0.717, 1.165) is 16.1 Å². The molecule has 1 N–H and O–H groups in total. The van der Waals surface area contributed by atoms with Crippen molar-refractivity contribution in [2.24, 2.45) is 0 Å². The Hall–Kier alpha value is -2.15. The number of halogens is 1. The summed E-state index contributed by atoms with van der Waals surface area (Å²) in [7, 11) is 1.54. The van der Waals surface area contributed by atoms with Crippen LogP contribution in [0.1, 0.15) is 10.4 Å². The van der Waals surface area contributed by atoms with E-state index in [4.69, 9.17) is 16.3 Å². The Morgan fingerprint density at radius 1 is 1.24 bits per heavy atom. The first-order valence-corrected chi connectivity index (χ1v) is 8.95. The van der Waals surface area contributed by atoms with Crippen molar-refractivity contribution in [3.63, 3.8) is 0 Å². The average Bonchev–Trinajstić information content (AvgIpc) is 3.17. The Labute approximate surface area is 154 Å². The summed E-state index contributed by atoms with van der Waals surface area (Å²) < 4.78 is 5.02. The van der Waals surface area contributed by atoms with Crippen molar-refractivity contribution in [1.29, 1.82) is 0 Å². The molecule has 0 saturated heterocycles. The molecule has 1 aromatic heterocycles. The first-order valence-electron chi connectivity index (χ1n) is 7.69. The van der Waals surface area contributed by atoms with E-state index in [-0.39, 0.29) is 24.1 Å². The molecule has 3 rings (SSSR count). The molecule has 0 unspecified atom stereocenters. The highest BCUT2D eigenvalue weighted by Crippen LogP contribution is 2.33. The van der Waals surface area contributed by atoms with Gasteiger partial charge in [0, 0.05) is 22.7 Å². The van der Waals surface area contributed by atoms with Crippen molar-refractivity contribution in [1.82, 2.24) is 4.90 Å². The fourth-order valence-electron chi connectivity index (χ4n) is 2.63. The summed E-state index contributed by atoms with van der Waals surface area (Å²) in [6.45, 7) is 2.40. The van der Waals surface area contributed by atoms with Gasteiger partial charge in [0.1, 0.15) is 5.70 Å². The van der Waals surface area contributed by atoms with Gasteiger partial charge in [-0.25, -0.2) is 0 Å². The summed E-state index contributed by atoms with van der Waals surface area (Å²) in [4.78, 5) is 27.6. The number of anilines is 1. The number of hydrogen-bond acceptors (Lipinski definition) is 5. The number of benzene rings is 1. The van der Waals surface area contributed by atoms with Crippen LogP contribution in [0.15, 0.2) is 41.4 Å². The lowest BCUT2D eigenvalue weighted by molar-refractivity contribution is -0.137. The zero-order chi connectivity index (χ0) is 18.0. The first kappa shape index (κ1) is 17.7. The second-order valence-electron chi connectivity index (χ2n) is 5.57. The normalized spacial score (nSPS) is 14.6. The van der Waals surface area contributed by atoms with Crippen LogP contribution in [0.3, 0.4) is 0 Å². The second-order valence-corrected chi connectivity index (χ2v) is 6.95. The number of nitrogens with one attached hydrogen (secondary N) is 1. The predicted molar refractivity (Wildman–Crippen MR) is 99.6 cm³/mol. The van der Waals surface area contributed by atoms with E-state index in [0.29, 0.717) is 17.2 Å². The molecular weight excluding hydrogens is 360 g/mol. The van der Waals surface area contributed by atoms with E-state index in [2.05, 4.69) is 5.32 Å². The topological polar surface area (TPSA) is 58.6 Å². The Morgan fingerprint density at radius 2 is 2.04 bits per heavy atom. The third-order valence-electron chi connectivity index (χ3n) is 3.90. The highest BCUT2D eigenvalue weighted by molar-refractivity contribution is 7.11. The van der Waals surface area contributed by atoms with E-state index >= 15 is 0 Å². The van der Waals surface area contributed by atoms with Crippen LogP contribution < -0.4 is 5.32 Å². The van der Waals surface area contributed by atoms with Crippen molar-refractivity contribution in [2.45, 2.75) is 6.92 Å². The third kappa shape index (κ3) is 3.46. The lowest BCUT2D eigenvalue weighted by atomic mass is 10.1. The summed E-state index contributed by atoms with van der Waals surface area (Å²) in [5.41, 5.74) is 2.31. The Balaban J connectivity index is 2.01. The molecule has 2 amide bonds. The van der Waals surface area contributed by atoms with Crippen LogP contribution >= 0.6 is 22.9 Å². The molecule has 2 heterocycles. The third-order valence-corrected chi connectivity index (χ3v) is 5.03. The van der Waals surface area contributed by atoms with Crippen LogP contribution in [-0.2, 0) is 14.3 Å². The second kappa shape index (κ2) is 7.39. The maximum absolute atomic E-state index is 12.8. The number of methoxy groups -OCH3 is 1. The van der Waals surface area contributed by atoms with Gasteiger partial charge in [-0.3, -0.25) is 14.5 Å². The van der Waals surface area contributed by atoms with Gasteiger partial charge in [-0.15, -0.1) is 11.3 Å². The summed E-state index contributed by atoms with van der Waals surface area (Å²) in [5, 5.41) is 5.63. The minimum absolute atomic E-state index is 0.216. The molecule has 1 aliphatic rings. The molecule has 2 aromatic rings. The van der Waals surface area contributed by atoms with Crippen molar-refractivity contribution < 1.29 is 14.3 Å². The summed E-state index contributed by atoms with van der Waals surface area (Å²) in [5.74, 6) is -0.654. The predicted octanol–water partition coefficient (Wildman–Crippen LogP) is 3.55. The number of carbonyl (C=O) groups is 2. The van der Waals surface area contributed by atoms with E-state index in [1.54, 1.807) is 18.2 Å².